The molecule has 0 saturated carbocycles. The Morgan fingerprint density at radius 1 is 1.42 bits per heavy atom. The summed E-state index contributed by atoms with van der Waals surface area (Å²) in [5.41, 5.74) is 0. The predicted molar refractivity (Wildman–Crippen MR) is 41.0 cm³/mol. The topological polar surface area (TPSA) is 55.8 Å². The first-order valence-corrected chi connectivity index (χ1v) is 3.52. The van der Waals surface area contributed by atoms with Gasteiger partial charge in [-0.15, -0.1) is 0 Å². The third-order valence-corrected chi connectivity index (χ3v) is 1.14. The highest BCUT2D eigenvalue weighted by molar-refractivity contribution is 5.77. The lowest BCUT2D eigenvalue weighted by atomic mass is 10.4. The molecular weight excluding hydrogens is 162 g/mol. The van der Waals surface area contributed by atoms with Gasteiger partial charge in [0.1, 0.15) is 0 Å². The van der Waals surface area contributed by atoms with Gasteiger partial charge in [-0.05, 0) is 0 Å². The smallest absolute Gasteiger partial charge is 0.329 e. The molecule has 0 unspecified atom stereocenters. The van der Waals surface area contributed by atoms with Crippen LogP contribution >= 0.6 is 0 Å². The molecule has 0 saturated heterocycles. The minimum absolute atomic E-state index is 0.209. The number of amides is 1. The first kappa shape index (κ1) is 10.9. The Balaban J connectivity index is 3.69. The first-order valence-electron chi connectivity index (χ1n) is 3.52. The van der Waals surface area contributed by atoms with E-state index in [1.165, 1.54) is 21.1 Å². The summed E-state index contributed by atoms with van der Waals surface area (Å²) in [6, 6.07) is 0. The van der Waals surface area contributed by atoms with Crippen LogP contribution in [0.25, 0.3) is 0 Å². The van der Waals surface area contributed by atoms with Gasteiger partial charge in [-0.25, -0.2) is 0 Å². The third kappa shape index (κ3) is 4.68. The summed E-state index contributed by atoms with van der Waals surface area (Å²) in [7, 11) is 2.89. The molecule has 0 aromatic carbocycles. The molecule has 0 aliphatic heterocycles. The number of nitrogens with zero attached hydrogens (tertiary/aromatic N) is 1. The first-order chi connectivity index (χ1) is 5.57. The molecule has 0 aromatic rings. The number of hydrogen-bond donors (Lipinski definition) is 0. The highest BCUT2D eigenvalue weighted by Gasteiger charge is 2.10. The quantitative estimate of drug-likeness (QED) is 0.565. The Hall–Kier alpha value is -1.10. The molecule has 0 N–H and O–H groups in total. The van der Waals surface area contributed by atoms with Crippen molar-refractivity contribution in [3.05, 3.63) is 0 Å². The Bertz CT molecular complexity index is 169. The van der Waals surface area contributed by atoms with Crippen molar-refractivity contribution < 1.29 is 19.2 Å². The standard InChI is InChI=1S/C7H13NO4/c1-6(9)12-8(2)7(10)4-5-11-3/h4-5H2,1-3H3. The van der Waals surface area contributed by atoms with E-state index in [0.29, 0.717) is 6.61 Å². The van der Waals surface area contributed by atoms with Crippen LogP contribution in [0.2, 0.25) is 0 Å². The molecule has 0 aliphatic rings. The highest BCUT2D eigenvalue weighted by Crippen LogP contribution is 1.92. The van der Waals surface area contributed by atoms with Crippen molar-refractivity contribution >= 4 is 11.9 Å². The van der Waals surface area contributed by atoms with Crippen molar-refractivity contribution in [2.75, 3.05) is 20.8 Å². The van der Waals surface area contributed by atoms with E-state index < -0.39 is 5.97 Å². The zero-order valence-electron chi connectivity index (χ0n) is 7.49. The van der Waals surface area contributed by atoms with Gasteiger partial charge >= 0.3 is 5.97 Å². The second-order valence-corrected chi connectivity index (χ2v) is 2.22. The van der Waals surface area contributed by atoms with Gasteiger partial charge in [-0.1, -0.05) is 0 Å². The third-order valence-electron chi connectivity index (χ3n) is 1.14. The SMILES string of the molecule is COCCC(=O)N(C)OC(C)=O. The normalized spacial score (nSPS) is 9.25. The van der Waals surface area contributed by atoms with Crippen molar-refractivity contribution in [3.8, 4) is 0 Å². The molecule has 0 atom stereocenters. The summed E-state index contributed by atoms with van der Waals surface area (Å²) < 4.78 is 4.68. The van der Waals surface area contributed by atoms with E-state index in [4.69, 9.17) is 0 Å². The van der Waals surface area contributed by atoms with Crippen molar-refractivity contribution in [1.29, 1.82) is 0 Å². The molecule has 0 spiro atoms. The molecule has 70 valence electrons. The minimum Gasteiger partial charge on any atom is -0.384 e. The number of hydroxylamine groups is 2. The van der Waals surface area contributed by atoms with E-state index >= 15 is 0 Å². The fourth-order valence-electron chi connectivity index (χ4n) is 0.591. The summed E-state index contributed by atoms with van der Waals surface area (Å²) >= 11 is 0. The molecule has 1 amide bonds. The van der Waals surface area contributed by atoms with Crippen LogP contribution < -0.4 is 0 Å². The van der Waals surface area contributed by atoms with Crippen LogP contribution in [0.1, 0.15) is 13.3 Å². The number of ether oxygens (including phenoxy) is 1. The molecule has 0 bridgehead atoms. The zero-order chi connectivity index (χ0) is 9.56. The van der Waals surface area contributed by atoms with Crippen LogP contribution in [0.4, 0.5) is 0 Å². The maximum atomic E-state index is 11.0. The summed E-state index contributed by atoms with van der Waals surface area (Å²) in [6.45, 7) is 1.56. The van der Waals surface area contributed by atoms with Crippen molar-refractivity contribution in [2.24, 2.45) is 0 Å². The molecule has 5 heteroatoms. The average molecular weight is 175 g/mol. The predicted octanol–water partition coefficient (Wildman–Crippen LogP) is -0.0406. The van der Waals surface area contributed by atoms with Crippen molar-refractivity contribution in [2.45, 2.75) is 13.3 Å². The Morgan fingerprint density at radius 2 is 2.00 bits per heavy atom. The lowest BCUT2D eigenvalue weighted by Gasteiger charge is -2.14. The van der Waals surface area contributed by atoms with E-state index in [1.54, 1.807) is 0 Å². The van der Waals surface area contributed by atoms with Crippen LogP contribution in [0.3, 0.4) is 0 Å². The fraction of sp³-hybridized carbons (Fsp3) is 0.714. The maximum Gasteiger partial charge on any atom is 0.329 e. The van der Waals surface area contributed by atoms with Gasteiger partial charge in [0.15, 0.2) is 0 Å². The Labute approximate surface area is 71.2 Å². The molecule has 0 fully saturated rings. The highest BCUT2D eigenvalue weighted by atomic mass is 16.7. The van der Waals surface area contributed by atoms with Crippen LogP contribution in [0.15, 0.2) is 0 Å². The van der Waals surface area contributed by atoms with E-state index in [2.05, 4.69) is 9.57 Å². The Kier molecular flexibility index (Phi) is 5.03. The monoisotopic (exact) mass is 175 g/mol. The second-order valence-electron chi connectivity index (χ2n) is 2.22. The van der Waals surface area contributed by atoms with E-state index in [9.17, 15) is 9.59 Å². The van der Waals surface area contributed by atoms with E-state index in [1.807, 2.05) is 0 Å². The maximum absolute atomic E-state index is 11.0. The van der Waals surface area contributed by atoms with Crippen LogP contribution in [-0.2, 0) is 19.2 Å². The number of rotatable bonds is 3. The van der Waals surface area contributed by atoms with Crippen molar-refractivity contribution in [3.63, 3.8) is 0 Å². The van der Waals surface area contributed by atoms with E-state index in [0.717, 1.165) is 5.06 Å². The van der Waals surface area contributed by atoms with Crippen LogP contribution in [0, 0.1) is 0 Å². The lowest BCUT2D eigenvalue weighted by Crippen LogP contribution is -2.29. The number of carbonyl (C=O) groups excluding carboxylic acids is 2. The van der Waals surface area contributed by atoms with Gasteiger partial charge in [-0.3, -0.25) is 9.59 Å². The zero-order valence-corrected chi connectivity index (χ0v) is 7.49. The van der Waals surface area contributed by atoms with Crippen LogP contribution in [0.5, 0.6) is 0 Å². The summed E-state index contributed by atoms with van der Waals surface area (Å²) in [5.74, 6) is -0.796. The van der Waals surface area contributed by atoms with Gasteiger partial charge in [0, 0.05) is 21.1 Å². The molecule has 0 rings (SSSR count). The molecule has 0 heterocycles. The van der Waals surface area contributed by atoms with Gasteiger partial charge in [0.25, 0.3) is 5.91 Å². The molecular formula is C7H13NO4. The van der Waals surface area contributed by atoms with Gasteiger partial charge in [0.05, 0.1) is 13.0 Å². The summed E-state index contributed by atoms with van der Waals surface area (Å²) in [6.07, 6.45) is 0.209. The lowest BCUT2D eigenvalue weighted by molar-refractivity contribution is -0.191. The van der Waals surface area contributed by atoms with Gasteiger partial charge in [-0.2, -0.15) is 5.06 Å². The molecule has 0 aliphatic carbocycles. The average Bonchev–Trinajstić information content (AvgIpc) is 1.98. The Morgan fingerprint density at radius 3 is 2.42 bits per heavy atom. The minimum atomic E-state index is -0.511. The van der Waals surface area contributed by atoms with Crippen molar-refractivity contribution in [1.82, 2.24) is 5.06 Å². The van der Waals surface area contributed by atoms with E-state index in [-0.39, 0.29) is 12.3 Å². The number of carbonyl (C=O) groups is 2. The molecule has 5 nitrogen and oxygen atoms in total. The molecule has 0 aromatic heterocycles. The number of methoxy groups -OCH3 is 1. The fourth-order valence-corrected chi connectivity index (χ4v) is 0.591. The molecule has 12 heavy (non-hydrogen) atoms. The van der Waals surface area contributed by atoms with Gasteiger partial charge in [0.2, 0.25) is 0 Å². The summed E-state index contributed by atoms with van der Waals surface area (Å²) in [5, 5.41) is 0.904. The molecule has 0 radical (unpaired) electrons. The van der Waals surface area contributed by atoms with Gasteiger partial charge < -0.3 is 9.57 Å². The largest absolute Gasteiger partial charge is 0.384 e. The second kappa shape index (κ2) is 5.54. The number of hydrogen-bond acceptors (Lipinski definition) is 4. The van der Waals surface area contributed by atoms with Crippen LogP contribution in [-0.4, -0.2) is 37.7 Å². The summed E-state index contributed by atoms with van der Waals surface area (Å²) in [4.78, 5) is 25.9.